The molecule has 0 saturated heterocycles. The molecule has 0 fully saturated rings. The summed E-state index contributed by atoms with van der Waals surface area (Å²) in [6.45, 7) is 5.70. The summed E-state index contributed by atoms with van der Waals surface area (Å²) in [6.07, 6.45) is 0. The third-order valence-electron chi connectivity index (χ3n) is 3.34. The van der Waals surface area contributed by atoms with Crippen LogP contribution in [0.3, 0.4) is 0 Å². The molecule has 15 heteroatoms. The van der Waals surface area contributed by atoms with Gasteiger partial charge in [-0.15, -0.1) is 12.6 Å². The van der Waals surface area contributed by atoms with Crippen molar-refractivity contribution in [2.24, 2.45) is 0 Å². The molecular formula is C20H24ClN2NaO9S2. The van der Waals surface area contributed by atoms with Crippen LogP contribution in [0.25, 0.3) is 0 Å². The van der Waals surface area contributed by atoms with Crippen LogP contribution in [0, 0.1) is 20.2 Å². The zero-order chi connectivity index (χ0) is 25.6. The van der Waals surface area contributed by atoms with E-state index in [1.54, 1.807) is 20.8 Å². The van der Waals surface area contributed by atoms with Gasteiger partial charge in [-0.05, 0) is 45.0 Å². The number of nitro groups is 2. The molecule has 0 aliphatic rings. The first-order valence-corrected chi connectivity index (χ1v) is 10.2. The van der Waals surface area contributed by atoms with Crippen molar-refractivity contribution in [3.63, 3.8) is 0 Å². The fraction of sp³-hybridized carbons (Fsp3) is 0.300. The van der Waals surface area contributed by atoms with Gasteiger partial charge < -0.3 is 28.1 Å². The van der Waals surface area contributed by atoms with Gasteiger partial charge in [0.2, 0.25) is 0 Å². The molecule has 0 spiro atoms. The summed E-state index contributed by atoms with van der Waals surface area (Å²) in [5.74, 6) is -1.17. The maximum Gasteiger partial charge on any atom is 1.00 e. The molecule has 0 atom stereocenters. The van der Waals surface area contributed by atoms with Gasteiger partial charge >= 0.3 is 41.5 Å². The van der Waals surface area contributed by atoms with Crippen molar-refractivity contribution in [1.29, 1.82) is 0 Å². The van der Waals surface area contributed by atoms with Gasteiger partial charge in [-0.3, -0.25) is 20.2 Å². The fourth-order valence-corrected chi connectivity index (χ4v) is 2.41. The minimum Gasteiger partial charge on any atom is -0.813 e. The van der Waals surface area contributed by atoms with Crippen LogP contribution in [0.1, 0.15) is 41.5 Å². The zero-order valence-electron chi connectivity index (χ0n) is 19.5. The van der Waals surface area contributed by atoms with E-state index in [0.29, 0.717) is 0 Å². The molecule has 35 heavy (non-hydrogen) atoms. The monoisotopic (exact) mass is 558 g/mol. The van der Waals surface area contributed by atoms with Crippen LogP contribution in [-0.4, -0.2) is 46.7 Å². The summed E-state index contributed by atoms with van der Waals surface area (Å²) in [5.41, 5.74) is -0.236. The maximum atomic E-state index is 11.3. The van der Waals surface area contributed by atoms with E-state index >= 15 is 0 Å². The first kappa shape index (κ1) is 37.7. The van der Waals surface area contributed by atoms with Crippen molar-refractivity contribution < 1.29 is 63.6 Å². The van der Waals surface area contributed by atoms with Crippen molar-refractivity contribution in [1.82, 2.24) is 0 Å². The van der Waals surface area contributed by atoms with Crippen LogP contribution in [0.15, 0.2) is 41.3 Å². The molecule has 11 nitrogen and oxygen atoms in total. The normalized spacial score (nSPS) is 8.86. The predicted molar refractivity (Wildman–Crippen MR) is 132 cm³/mol. The molecule has 0 amide bonds. The van der Waals surface area contributed by atoms with Gasteiger partial charge in [-0.2, -0.15) is 0 Å². The summed E-state index contributed by atoms with van der Waals surface area (Å²) >= 11 is 9.49. The number of hydrogen-bond donors (Lipinski definition) is 2. The van der Waals surface area contributed by atoms with E-state index in [0.717, 1.165) is 12.1 Å². The summed E-state index contributed by atoms with van der Waals surface area (Å²) in [5, 5.41) is 28.6. The number of aliphatic hydroxyl groups is 1. The quantitative estimate of drug-likeness (QED) is 0.132. The number of rotatable bonds is 6. The minimum atomic E-state index is -0.648. The number of benzene rings is 2. The number of ether oxygens (including phenoxy) is 2. The summed E-state index contributed by atoms with van der Waals surface area (Å²) in [6, 6.07) is 7.76. The molecule has 0 heterocycles. The molecule has 0 saturated carbocycles. The second kappa shape index (κ2) is 20.3. The number of aliphatic hydroxyl groups excluding tert-OH is 1. The molecule has 2 aromatic carbocycles. The second-order valence-corrected chi connectivity index (χ2v) is 6.53. The molecule has 0 bridgehead atoms. The Bertz CT molecular complexity index is 920. The van der Waals surface area contributed by atoms with E-state index in [2.05, 4.69) is 12.6 Å². The first-order valence-electron chi connectivity index (χ1n) is 9.40. The Hall–Kier alpha value is -1.87. The van der Waals surface area contributed by atoms with Crippen LogP contribution in [0.4, 0.5) is 11.4 Å². The number of carbonyl (C=O) groups is 2. The molecule has 0 aliphatic heterocycles. The Labute approximate surface area is 241 Å². The molecule has 0 aromatic heterocycles. The fourth-order valence-electron chi connectivity index (χ4n) is 2.01. The maximum absolute atomic E-state index is 11.3. The summed E-state index contributed by atoms with van der Waals surface area (Å²) < 4.78 is 9.41. The van der Waals surface area contributed by atoms with Gasteiger partial charge in [-0.25, -0.2) is 9.59 Å². The van der Waals surface area contributed by atoms with Gasteiger partial charge in [0.05, 0.1) is 39.1 Å². The van der Waals surface area contributed by atoms with Crippen LogP contribution in [0.5, 0.6) is 0 Å². The average Bonchev–Trinajstić information content (AvgIpc) is 2.75. The third kappa shape index (κ3) is 13.7. The molecule has 1 N–H and O–H groups in total. The van der Waals surface area contributed by atoms with Gasteiger partial charge in [0.25, 0.3) is 11.4 Å². The van der Waals surface area contributed by atoms with E-state index in [1.165, 1.54) is 24.3 Å². The van der Waals surface area contributed by atoms with Crippen LogP contribution in [-0.2, 0) is 23.0 Å². The van der Waals surface area contributed by atoms with Gasteiger partial charge in [0.15, 0.2) is 0 Å². The number of nitro benzene ring substituents is 2. The van der Waals surface area contributed by atoms with Crippen molar-refractivity contribution in [2.45, 2.75) is 25.7 Å². The third-order valence-corrected chi connectivity index (χ3v) is 4.03. The van der Waals surface area contributed by atoms with E-state index in [1.807, 2.05) is 0 Å². The number of halogens is 1. The summed E-state index contributed by atoms with van der Waals surface area (Å²) in [7, 11) is 0. The van der Waals surface area contributed by atoms with Crippen LogP contribution >= 0.6 is 24.2 Å². The minimum absolute atomic E-state index is 0. The number of nitrogens with zero attached hydrogens (tertiary/aromatic N) is 2. The Morgan fingerprint density at radius 1 is 0.914 bits per heavy atom. The van der Waals surface area contributed by atoms with Crippen LogP contribution < -0.4 is 29.6 Å². The van der Waals surface area contributed by atoms with E-state index in [4.69, 9.17) is 26.2 Å². The molecular weight excluding hydrogens is 535 g/mol. The van der Waals surface area contributed by atoms with Gasteiger partial charge in [0, 0.05) is 18.7 Å². The zero-order valence-corrected chi connectivity index (χ0v) is 24.0. The van der Waals surface area contributed by atoms with Gasteiger partial charge in [0.1, 0.15) is 5.02 Å². The SMILES string of the molecule is CCO.CCOC(=O)c1ccc(Cl)c([N+](=O)[O-])c1.CCOC(=O)c1ccc(S)c([N+](=O)[O-])c1.[Na+].[SH-]. The Balaban J connectivity index is -0.000000500. The molecule has 0 unspecified atom stereocenters. The van der Waals surface area contributed by atoms with Crippen molar-refractivity contribution in [3.8, 4) is 0 Å². The van der Waals surface area contributed by atoms with Crippen molar-refractivity contribution >= 4 is 61.0 Å². The number of hydrogen-bond acceptors (Lipinski definition) is 11. The molecule has 2 rings (SSSR count). The molecule has 2 aromatic rings. The number of esters is 2. The Morgan fingerprint density at radius 3 is 1.66 bits per heavy atom. The average molecular weight is 559 g/mol. The largest absolute Gasteiger partial charge is 1.00 e. The topological polar surface area (TPSA) is 159 Å². The standard InChI is InChI=1S/C9H8ClNO4.C9H9NO4S.C2H6O.Na.H2S/c1-2-15-9(12)6-3-4-7(10)8(5-6)11(13)14;1-2-14-9(11)6-3-4-8(15)7(5-6)10(12)13;1-2-3;;/h3-5H,2H2,1H3;3-5,15H,2H2,1H3;3H,2H2,1H3;;1H2/q;;;+1;/p-1. The molecule has 188 valence electrons. The molecule has 0 aliphatic carbocycles. The van der Waals surface area contributed by atoms with Crippen LogP contribution in [0.2, 0.25) is 5.02 Å². The summed E-state index contributed by atoms with van der Waals surface area (Å²) in [4.78, 5) is 42.6. The van der Waals surface area contributed by atoms with Crippen molar-refractivity contribution in [2.75, 3.05) is 19.8 Å². The molecule has 0 radical (unpaired) electrons. The second-order valence-electron chi connectivity index (χ2n) is 5.64. The van der Waals surface area contributed by atoms with E-state index in [9.17, 15) is 29.8 Å². The van der Waals surface area contributed by atoms with E-state index < -0.39 is 21.8 Å². The number of thiol groups is 2. The first-order chi connectivity index (χ1) is 15.5. The Kier molecular flexibility index (Phi) is 21.9. The predicted octanol–water partition coefficient (Wildman–Crippen LogP) is 1.22. The Morgan fingerprint density at radius 2 is 1.29 bits per heavy atom. The van der Waals surface area contributed by atoms with Gasteiger partial charge in [-0.1, -0.05) is 11.6 Å². The number of carbonyl (C=O) groups excluding carboxylic acids is 2. The van der Waals surface area contributed by atoms with E-state index in [-0.39, 0.29) is 95.3 Å². The smallest absolute Gasteiger partial charge is 0.813 e. The van der Waals surface area contributed by atoms with Crippen molar-refractivity contribution in [3.05, 3.63) is 72.8 Å².